The maximum atomic E-state index is 9.80. The molecule has 0 amide bonds. The lowest BCUT2D eigenvalue weighted by molar-refractivity contribution is -0.0673. The zero-order valence-corrected chi connectivity index (χ0v) is 12.1. The summed E-state index contributed by atoms with van der Waals surface area (Å²) in [4.78, 5) is 2.52. The second-order valence-corrected chi connectivity index (χ2v) is 6.69. The lowest BCUT2D eigenvalue weighted by atomic mass is 9.74. The Bertz CT molecular complexity index is 263. The van der Waals surface area contributed by atoms with Crippen LogP contribution in [-0.4, -0.2) is 49.0 Å². The average molecular weight is 255 g/mol. The van der Waals surface area contributed by atoms with Crippen LogP contribution in [-0.2, 0) is 4.74 Å². The first-order chi connectivity index (χ1) is 8.61. The van der Waals surface area contributed by atoms with E-state index in [9.17, 15) is 5.11 Å². The van der Waals surface area contributed by atoms with Crippen molar-refractivity contribution in [2.24, 2.45) is 5.41 Å². The monoisotopic (exact) mass is 255 g/mol. The molecule has 2 aliphatic rings. The summed E-state index contributed by atoms with van der Waals surface area (Å²) < 4.78 is 5.66. The summed E-state index contributed by atoms with van der Waals surface area (Å²) in [5, 5.41) is 9.80. The van der Waals surface area contributed by atoms with Gasteiger partial charge in [0.2, 0.25) is 0 Å². The Kier molecular flexibility index (Phi) is 4.68. The summed E-state index contributed by atoms with van der Waals surface area (Å²) in [6.07, 6.45) is 8.69. The Labute approximate surface area is 112 Å². The molecule has 1 saturated carbocycles. The normalized spacial score (nSPS) is 33.5. The van der Waals surface area contributed by atoms with Gasteiger partial charge in [0, 0.05) is 32.2 Å². The van der Waals surface area contributed by atoms with Crippen molar-refractivity contribution in [3.05, 3.63) is 0 Å². The van der Waals surface area contributed by atoms with Crippen LogP contribution >= 0.6 is 0 Å². The number of aliphatic hydroxyl groups excluding tert-OH is 1. The van der Waals surface area contributed by atoms with Gasteiger partial charge in [-0.05, 0) is 39.2 Å². The number of ether oxygens (including phenoxy) is 1. The molecule has 1 heterocycles. The van der Waals surface area contributed by atoms with Gasteiger partial charge in [0.15, 0.2) is 0 Å². The van der Waals surface area contributed by atoms with Crippen molar-refractivity contribution in [1.82, 2.24) is 4.90 Å². The van der Waals surface area contributed by atoms with Crippen LogP contribution in [0.4, 0.5) is 0 Å². The van der Waals surface area contributed by atoms with E-state index in [1.54, 1.807) is 0 Å². The molecule has 18 heavy (non-hydrogen) atoms. The molecule has 0 bridgehead atoms. The minimum absolute atomic E-state index is 0.0174. The smallest absolute Gasteiger partial charge is 0.0777 e. The Morgan fingerprint density at radius 2 is 1.83 bits per heavy atom. The molecular formula is C15H29NO2. The van der Waals surface area contributed by atoms with Gasteiger partial charge >= 0.3 is 0 Å². The van der Waals surface area contributed by atoms with Crippen molar-refractivity contribution in [2.45, 2.75) is 57.5 Å². The molecule has 1 saturated heterocycles. The summed E-state index contributed by atoms with van der Waals surface area (Å²) in [5.74, 6) is 0. The molecule has 0 spiro atoms. The SMILES string of the molecule is COC1(C)CCCN(CC2(CO)CCCCC2)C1. The number of nitrogens with zero attached hydrogens (tertiary/aromatic N) is 1. The third-order valence-electron chi connectivity index (χ3n) is 5.04. The van der Waals surface area contributed by atoms with E-state index < -0.39 is 0 Å². The lowest BCUT2D eigenvalue weighted by Gasteiger charge is -2.45. The van der Waals surface area contributed by atoms with Gasteiger partial charge in [-0.15, -0.1) is 0 Å². The number of piperidine rings is 1. The number of rotatable bonds is 4. The van der Waals surface area contributed by atoms with Crippen LogP contribution in [0.1, 0.15) is 51.9 Å². The van der Waals surface area contributed by atoms with E-state index in [0.29, 0.717) is 6.61 Å². The van der Waals surface area contributed by atoms with Crippen molar-refractivity contribution >= 4 is 0 Å². The zero-order valence-electron chi connectivity index (χ0n) is 12.1. The van der Waals surface area contributed by atoms with Crippen LogP contribution in [0.2, 0.25) is 0 Å². The molecule has 1 aliphatic heterocycles. The second kappa shape index (κ2) is 5.89. The van der Waals surface area contributed by atoms with Crippen molar-refractivity contribution in [1.29, 1.82) is 0 Å². The highest BCUT2D eigenvalue weighted by Gasteiger charge is 2.37. The number of methoxy groups -OCH3 is 1. The van der Waals surface area contributed by atoms with E-state index >= 15 is 0 Å². The molecule has 0 aromatic rings. The quantitative estimate of drug-likeness (QED) is 0.837. The van der Waals surface area contributed by atoms with E-state index in [-0.39, 0.29) is 11.0 Å². The molecule has 2 rings (SSSR count). The Balaban J connectivity index is 1.94. The topological polar surface area (TPSA) is 32.7 Å². The van der Waals surface area contributed by atoms with Crippen molar-refractivity contribution < 1.29 is 9.84 Å². The van der Waals surface area contributed by atoms with Gasteiger partial charge in [0.05, 0.1) is 5.60 Å². The van der Waals surface area contributed by atoms with E-state index in [2.05, 4.69) is 11.8 Å². The highest BCUT2D eigenvalue weighted by Crippen LogP contribution is 2.38. The van der Waals surface area contributed by atoms with Gasteiger partial charge in [0.25, 0.3) is 0 Å². The first kappa shape index (κ1) is 14.3. The first-order valence-electron chi connectivity index (χ1n) is 7.50. The summed E-state index contributed by atoms with van der Waals surface area (Å²) in [7, 11) is 1.83. The molecule has 0 aromatic carbocycles. The molecule has 1 atom stereocenters. The molecule has 3 nitrogen and oxygen atoms in total. The van der Waals surface area contributed by atoms with Gasteiger partial charge in [-0.1, -0.05) is 19.3 Å². The minimum atomic E-state index is 0.0174. The van der Waals surface area contributed by atoms with Gasteiger partial charge in [-0.3, -0.25) is 4.90 Å². The molecule has 1 aliphatic carbocycles. The standard InChI is InChI=1S/C15H29NO2/c1-14(18-2)7-6-10-16(11-14)12-15(13-17)8-4-3-5-9-15/h17H,3-13H2,1-2H3. The molecule has 3 heteroatoms. The average Bonchev–Trinajstić information content (AvgIpc) is 2.40. The molecule has 1 unspecified atom stereocenters. The van der Waals surface area contributed by atoms with Gasteiger partial charge < -0.3 is 9.84 Å². The Hall–Kier alpha value is -0.120. The van der Waals surface area contributed by atoms with Gasteiger partial charge in [0.1, 0.15) is 0 Å². The lowest BCUT2D eigenvalue weighted by Crippen LogP contribution is -2.51. The number of aliphatic hydroxyl groups is 1. The van der Waals surface area contributed by atoms with Crippen molar-refractivity contribution in [3.63, 3.8) is 0 Å². The largest absolute Gasteiger partial charge is 0.396 e. The zero-order chi connectivity index (χ0) is 13.1. The third kappa shape index (κ3) is 3.25. The second-order valence-electron chi connectivity index (χ2n) is 6.69. The number of likely N-dealkylation sites (tertiary alicyclic amines) is 1. The van der Waals surface area contributed by atoms with E-state index in [1.807, 2.05) is 7.11 Å². The van der Waals surface area contributed by atoms with Crippen LogP contribution in [0.25, 0.3) is 0 Å². The highest BCUT2D eigenvalue weighted by molar-refractivity contribution is 4.90. The molecule has 0 aromatic heterocycles. The van der Waals surface area contributed by atoms with Crippen LogP contribution in [0.3, 0.4) is 0 Å². The van der Waals surface area contributed by atoms with Crippen molar-refractivity contribution in [2.75, 3.05) is 33.4 Å². The minimum Gasteiger partial charge on any atom is -0.396 e. The maximum Gasteiger partial charge on any atom is 0.0777 e. The summed E-state index contributed by atoms with van der Waals surface area (Å²) in [6, 6.07) is 0. The summed E-state index contributed by atoms with van der Waals surface area (Å²) in [5.41, 5.74) is 0.188. The molecule has 0 radical (unpaired) electrons. The van der Waals surface area contributed by atoms with Crippen LogP contribution in [0.5, 0.6) is 0 Å². The van der Waals surface area contributed by atoms with Crippen molar-refractivity contribution in [3.8, 4) is 0 Å². The predicted octanol–water partition coefficient (Wildman–Crippen LogP) is 2.43. The number of hydrogen-bond donors (Lipinski definition) is 1. The van der Waals surface area contributed by atoms with Crippen LogP contribution < -0.4 is 0 Å². The molecule has 2 fully saturated rings. The Morgan fingerprint density at radius 1 is 1.11 bits per heavy atom. The van der Waals surface area contributed by atoms with Gasteiger partial charge in [-0.2, -0.15) is 0 Å². The van der Waals surface area contributed by atoms with E-state index in [0.717, 1.165) is 19.5 Å². The maximum absolute atomic E-state index is 9.80. The molecular weight excluding hydrogens is 226 g/mol. The fourth-order valence-electron chi connectivity index (χ4n) is 3.75. The van der Waals surface area contributed by atoms with Crippen LogP contribution in [0, 0.1) is 5.41 Å². The van der Waals surface area contributed by atoms with E-state index in [4.69, 9.17) is 4.74 Å². The Morgan fingerprint density at radius 3 is 2.44 bits per heavy atom. The number of hydrogen-bond acceptors (Lipinski definition) is 3. The first-order valence-corrected chi connectivity index (χ1v) is 7.50. The highest BCUT2D eigenvalue weighted by atomic mass is 16.5. The van der Waals surface area contributed by atoms with Gasteiger partial charge in [-0.25, -0.2) is 0 Å². The van der Waals surface area contributed by atoms with Crippen LogP contribution in [0.15, 0.2) is 0 Å². The fourth-order valence-corrected chi connectivity index (χ4v) is 3.75. The predicted molar refractivity (Wildman–Crippen MR) is 73.7 cm³/mol. The fraction of sp³-hybridized carbons (Fsp3) is 1.00. The molecule has 106 valence electrons. The third-order valence-corrected chi connectivity index (χ3v) is 5.04. The summed E-state index contributed by atoms with van der Waals surface area (Å²) in [6.45, 7) is 5.81. The van der Waals surface area contributed by atoms with E-state index in [1.165, 1.54) is 45.1 Å². The molecule has 1 N–H and O–H groups in total. The summed E-state index contributed by atoms with van der Waals surface area (Å²) >= 11 is 0.